The van der Waals surface area contributed by atoms with Gasteiger partial charge < -0.3 is 10.1 Å². The molecule has 2 atom stereocenters. The molecule has 110 valence electrons. The third-order valence-electron chi connectivity index (χ3n) is 3.63. The summed E-state index contributed by atoms with van der Waals surface area (Å²) in [6, 6.07) is 0.656. The Morgan fingerprint density at radius 1 is 1.00 bits per heavy atom. The highest BCUT2D eigenvalue weighted by molar-refractivity contribution is 4.59. The Morgan fingerprint density at radius 3 is 2.39 bits per heavy atom. The summed E-state index contributed by atoms with van der Waals surface area (Å²) in [5.41, 5.74) is 0. The molecular formula is C16H35NO. The number of hydrogen-bond donors (Lipinski definition) is 1. The van der Waals surface area contributed by atoms with E-state index >= 15 is 0 Å². The maximum atomic E-state index is 5.81. The minimum atomic E-state index is 0.656. The predicted octanol–water partition coefficient (Wildman–Crippen LogP) is 4.39. The van der Waals surface area contributed by atoms with Gasteiger partial charge in [0.15, 0.2) is 0 Å². The topological polar surface area (TPSA) is 21.3 Å². The standard InChI is InChI=1S/C16H35NO/c1-5-8-12-16(6-2)14-18-13-10-9-11-15(4)17-7-3/h15-17H,5-14H2,1-4H3. The fraction of sp³-hybridized carbons (Fsp3) is 1.00. The van der Waals surface area contributed by atoms with E-state index in [9.17, 15) is 0 Å². The summed E-state index contributed by atoms with van der Waals surface area (Å²) in [5.74, 6) is 0.783. The lowest BCUT2D eigenvalue weighted by atomic mass is 10.0. The van der Waals surface area contributed by atoms with Crippen LogP contribution in [0.2, 0.25) is 0 Å². The van der Waals surface area contributed by atoms with Gasteiger partial charge in [0.2, 0.25) is 0 Å². The molecule has 18 heavy (non-hydrogen) atoms. The predicted molar refractivity (Wildman–Crippen MR) is 81.1 cm³/mol. The number of ether oxygens (including phenoxy) is 1. The Kier molecular flexibility index (Phi) is 13.3. The third kappa shape index (κ3) is 11.0. The molecule has 0 bridgehead atoms. The SMILES string of the molecule is CCCCC(CC)COCCCCC(C)NCC. The maximum absolute atomic E-state index is 5.81. The summed E-state index contributed by atoms with van der Waals surface area (Å²) in [6.07, 6.45) is 9.01. The van der Waals surface area contributed by atoms with Gasteiger partial charge in [0.1, 0.15) is 0 Å². The first-order chi connectivity index (χ1) is 8.74. The molecule has 0 aromatic rings. The van der Waals surface area contributed by atoms with Crippen LogP contribution < -0.4 is 5.32 Å². The molecule has 0 saturated heterocycles. The van der Waals surface area contributed by atoms with Crippen LogP contribution in [0.15, 0.2) is 0 Å². The van der Waals surface area contributed by atoms with Gasteiger partial charge in [0.05, 0.1) is 0 Å². The van der Waals surface area contributed by atoms with Gasteiger partial charge in [-0.1, -0.05) is 40.0 Å². The van der Waals surface area contributed by atoms with Gasteiger partial charge in [0, 0.05) is 19.3 Å². The summed E-state index contributed by atoms with van der Waals surface area (Å²) in [6.45, 7) is 12.0. The molecule has 2 nitrogen and oxygen atoms in total. The Bertz CT molecular complexity index is 161. The quantitative estimate of drug-likeness (QED) is 0.494. The zero-order chi connectivity index (χ0) is 13.6. The molecule has 0 aliphatic heterocycles. The van der Waals surface area contributed by atoms with Crippen LogP contribution in [0.5, 0.6) is 0 Å². The van der Waals surface area contributed by atoms with Crippen molar-refractivity contribution in [1.29, 1.82) is 0 Å². The maximum Gasteiger partial charge on any atom is 0.0494 e. The molecule has 0 spiro atoms. The fourth-order valence-electron chi connectivity index (χ4n) is 2.25. The highest BCUT2D eigenvalue weighted by atomic mass is 16.5. The van der Waals surface area contributed by atoms with Gasteiger partial charge in [-0.2, -0.15) is 0 Å². The van der Waals surface area contributed by atoms with Gasteiger partial charge in [-0.05, 0) is 45.1 Å². The van der Waals surface area contributed by atoms with Crippen molar-refractivity contribution in [3.05, 3.63) is 0 Å². The summed E-state index contributed by atoms with van der Waals surface area (Å²) < 4.78 is 5.81. The number of unbranched alkanes of at least 4 members (excludes halogenated alkanes) is 2. The first kappa shape index (κ1) is 17.9. The molecule has 0 aromatic heterocycles. The lowest BCUT2D eigenvalue weighted by molar-refractivity contribution is 0.0905. The van der Waals surface area contributed by atoms with E-state index in [0.29, 0.717) is 6.04 Å². The average molecular weight is 257 g/mol. The molecule has 0 rings (SSSR count). The lowest BCUT2D eigenvalue weighted by Gasteiger charge is -2.15. The summed E-state index contributed by atoms with van der Waals surface area (Å²) in [4.78, 5) is 0. The van der Waals surface area contributed by atoms with E-state index in [0.717, 1.165) is 25.7 Å². The first-order valence-corrected chi connectivity index (χ1v) is 8.05. The van der Waals surface area contributed by atoms with Crippen molar-refractivity contribution in [3.63, 3.8) is 0 Å². The van der Waals surface area contributed by atoms with Gasteiger partial charge in [-0.15, -0.1) is 0 Å². The summed E-state index contributed by atoms with van der Waals surface area (Å²) >= 11 is 0. The first-order valence-electron chi connectivity index (χ1n) is 8.05. The van der Waals surface area contributed by atoms with Crippen molar-refractivity contribution >= 4 is 0 Å². The molecule has 0 radical (unpaired) electrons. The number of hydrogen-bond acceptors (Lipinski definition) is 2. The monoisotopic (exact) mass is 257 g/mol. The van der Waals surface area contributed by atoms with E-state index in [-0.39, 0.29) is 0 Å². The molecule has 2 heteroatoms. The Labute approximate surface area is 115 Å². The van der Waals surface area contributed by atoms with Gasteiger partial charge in [-0.3, -0.25) is 0 Å². The van der Waals surface area contributed by atoms with Crippen molar-refractivity contribution in [2.24, 2.45) is 5.92 Å². The molecule has 0 saturated carbocycles. The van der Waals surface area contributed by atoms with Crippen molar-refractivity contribution in [1.82, 2.24) is 5.32 Å². The minimum Gasteiger partial charge on any atom is -0.381 e. The van der Waals surface area contributed by atoms with Gasteiger partial charge in [-0.25, -0.2) is 0 Å². The smallest absolute Gasteiger partial charge is 0.0494 e. The molecule has 0 fully saturated rings. The van der Waals surface area contributed by atoms with E-state index < -0.39 is 0 Å². The molecule has 0 amide bonds. The highest BCUT2D eigenvalue weighted by Crippen LogP contribution is 2.13. The van der Waals surface area contributed by atoms with Crippen LogP contribution >= 0.6 is 0 Å². The molecule has 2 unspecified atom stereocenters. The minimum absolute atomic E-state index is 0.656. The van der Waals surface area contributed by atoms with Crippen LogP contribution in [0.25, 0.3) is 0 Å². The van der Waals surface area contributed by atoms with E-state index in [1.807, 2.05) is 0 Å². The van der Waals surface area contributed by atoms with E-state index in [4.69, 9.17) is 4.74 Å². The van der Waals surface area contributed by atoms with Crippen LogP contribution in [-0.4, -0.2) is 25.8 Å². The van der Waals surface area contributed by atoms with Crippen molar-refractivity contribution in [2.45, 2.75) is 78.7 Å². The number of nitrogens with one attached hydrogen (secondary N) is 1. The van der Waals surface area contributed by atoms with Crippen LogP contribution in [0.3, 0.4) is 0 Å². The summed E-state index contributed by atoms with van der Waals surface area (Å²) in [5, 5.41) is 3.45. The molecule has 0 aliphatic carbocycles. The molecule has 0 aliphatic rings. The number of rotatable bonds is 13. The Morgan fingerprint density at radius 2 is 1.78 bits per heavy atom. The second-order valence-corrected chi connectivity index (χ2v) is 5.45. The van der Waals surface area contributed by atoms with Crippen LogP contribution in [0.1, 0.15) is 72.6 Å². The summed E-state index contributed by atoms with van der Waals surface area (Å²) in [7, 11) is 0. The Balaban J connectivity index is 3.32. The van der Waals surface area contributed by atoms with Crippen LogP contribution in [0.4, 0.5) is 0 Å². The third-order valence-corrected chi connectivity index (χ3v) is 3.63. The highest BCUT2D eigenvalue weighted by Gasteiger charge is 2.05. The largest absolute Gasteiger partial charge is 0.381 e. The zero-order valence-corrected chi connectivity index (χ0v) is 13.1. The van der Waals surface area contributed by atoms with Gasteiger partial charge >= 0.3 is 0 Å². The van der Waals surface area contributed by atoms with E-state index in [2.05, 4.69) is 33.0 Å². The van der Waals surface area contributed by atoms with Crippen molar-refractivity contribution < 1.29 is 4.74 Å². The second kappa shape index (κ2) is 13.4. The average Bonchev–Trinajstić information content (AvgIpc) is 2.37. The lowest BCUT2D eigenvalue weighted by Crippen LogP contribution is -2.25. The Hall–Kier alpha value is -0.0800. The molecule has 0 aromatic carbocycles. The molecule has 0 heterocycles. The second-order valence-electron chi connectivity index (χ2n) is 5.45. The molecule has 1 N–H and O–H groups in total. The van der Waals surface area contributed by atoms with E-state index in [1.54, 1.807) is 0 Å². The molecular weight excluding hydrogens is 222 g/mol. The van der Waals surface area contributed by atoms with Crippen molar-refractivity contribution in [3.8, 4) is 0 Å². The van der Waals surface area contributed by atoms with E-state index in [1.165, 1.54) is 44.9 Å². The van der Waals surface area contributed by atoms with Gasteiger partial charge in [0.25, 0.3) is 0 Å². The zero-order valence-electron chi connectivity index (χ0n) is 13.1. The fourth-order valence-corrected chi connectivity index (χ4v) is 2.25. The van der Waals surface area contributed by atoms with Crippen molar-refractivity contribution in [2.75, 3.05) is 19.8 Å². The van der Waals surface area contributed by atoms with Crippen LogP contribution in [0, 0.1) is 5.92 Å². The van der Waals surface area contributed by atoms with Crippen LogP contribution in [-0.2, 0) is 4.74 Å². The normalized spacial score (nSPS) is 14.7.